The topological polar surface area (TPSA) is 99.8 Å². The summed E-state index contributed by atoms with van der Waals surface area (Å²) in [7, 11) is 0. The van der Waals surface area contributed by atoms with Gasteiger partial charge in [0.2, 0.25) is 0 Å². The lowest BCUT2D eigenvalue weighted by molar-refractivity contribution is 0.0954. The number of aromatic amines is 1. The average molecular weight is 395 g/mol. The molecular formula is C21H22FN5O2. The van der Waals surface area contributed by atoms with Gasteiger partial charge in [0.1, 0.15) is 17.5 Å². The van der Waals surface area contributed by atoms with Gasteiger partial charge in [0.25, 0.3) is 11.5 Å². The highest BCUT2D eigenvalue weighted by atomic mass is 19.1. The number of nitrogens with zero attached hydrogens (tertiary/aromatic N) is 2. The minimum atomic E-state index is -0.403. The highest BCUT2D eigenvalue weighted by Gasteiger charge is 2.08. The van der Waals surface area contributed by atoms with Gasteiger partial charge in [-0.15, -0.1) is 0 Å². The van der Waals surface area contributed by atoms with Crippen LogP contribution in [0.15, 0.2) is 41.3 Å². The molecular weight excluding hydrogens is 373 g/mol. The standard InChI is InChI=1S/C21H22FN5O2/c1-12-4-5-15(10-17(12)22)21(29)24-9-8-23-18-7-6-16(11-25-18)19-26-14(3)13(2)20(28)27-19/h4-7,10-11H,8-9H2,1-3H3,(H,23,25)(H,24,29)(H,26,27,28). The van der Waals surface area contributed by atoms with Crippen LogP contribution in [-0.2, 0) is 0 Å². The van der Waals surface area contributed by atoms with Crippen molar-refractivity contribution in [1.29, 1.82) is 0 Å². The Bertz CT molecular complexity index is 1090. The van der Waals surface area contributed by atoms with Crippen LogP contribution in [0, 0.1) is 26.6 Å². The maximum absolute atomic E-state index is 13.5. The molecule has 0 aliphatic carbocycles. The molecule has 0 unspecified atom stereocenters. The van der Waals surface area contributed by atoms with Crippen molar-refractivity contribution in [3.63, 3.8) is 0 Å². The fourth-order valence-corrected chi connectivity index (χ4v) is 2.62. The number of pyridine rings is 1. The quantitative estimate of drug-likeness (QED) is 0.558. The second kappa shape index (κ2) is 8.64. The molecule has 0 fully saturated rings. The van der Waals surface area contributed by atoms with Crippen LogP contribution in [0.5, 0.6) is 0 Å². The predicted octanol–water partition coefficient (Wildman–Crippen LogP) is 2.74. The molecule has 0 atom stereocenters. The third-order valence-corrected chi connectivity index (χ3v) is 4.58. The maximum Gasteiger partial charge on any atom is 0.254 e. The molecule has 0 saturated carbocycles. The first-order valence-corrected chi connectivity index (χ1v) is 9.17. The molecule has 7 nitrogen and oxygen atoms in total. The van der Waals surface area contributed by atoms with E-state index in [0.717, 1.165) is 0 Å². The van der Waals surface area contributed by atoms with E-state index in [-0.39, 0.29) is 17.0 Å². The average Bonchev–Trinajstić information content (AvgIpc) is 2.71. The molecule has 3 rings (SSSR count). The monoisotopic (exact) mass is 395 g/mol. The number of halogens is 1. The normalized spacial score (nSPS) is 10.6. The molecule has 1 aromatic carbocycles. The first kappa shape index (κ1) is 20.2. The van der Waals surface area contributed by atoms with Crippen LogP contribution in [-0.4, -0.2) is 33.9 Å². The first-order chi connectivity index (χ1) is 13.8. The molecule has 150 valence electrons. The van der Waals surface area contributed by atoms with E-state index in [2.05, 4.69) is 25.6 Å². The van der Waals surface area contributed by atoms with Crippen molar-refractivity contribution in [3.8, 4) is 11.4 Å². The predicted molar refractivity (Wildman–Crippen MR) is 110 cm³/mol. The van der Waals surface area contributed by atoms with Crippen LogP contribution >= 0.6 is 0 Å². The fourth-order valence-electron chi connectivity index (χ4n) is 2.62. The third-order valence-electron chi connectivity index (χ3n) is 4.58. The minimum Gasteiger partial charge on any atom is -0.368 e. The second-order valence-corrected chi connectivity index (χ2v) is 6.70. The van der Waals surface area contributed by atoms with Gasteiger partial charge in [0.05, 0.1) is 0 Å². The smallest absolute Gasteiger partial charge is 0.254 e. The van der Waals surface area contributed by atoms with E-state index in [4.69, 9.17) is 0 Å². The number of hydrogen-bond acceptors (Lipinski definition) is 5. The van der Waals surface area contributed by atoms with Gasteiger partial charge >= 0.3 is 0 Å². The van der Waals surface area contributed by atoms with Crippen LogP contribution < -0.4 is 16.2 Å². The Kier molecular flexibility index (Phi) is 6.01. The van der Waals surface area contributed by atoms with Gasteiger partial charge in [-0.05, 0) is 50.6 Å². The molecule has 0 spiro atoms. The number of H-pyrrole nitrogens is 1. The van der Waals surface area contributed by atoms with E-state index in [1.165, 1.54) is 6.07 Å². The third kappa shape index (κ3) is 4.84. The summed E-state index contributed by atoms with van der Waals surface area (Å²) in [6.07, 6.45) is 1.61. The lowest BCUT2D eigenvalue weighted by Gasteiger charge is -2.09. The zero-order valence-electron chi connectivity index (χ0n) is 16.5. The highest BCUT2D eigenvalue weighted by Crippen LogP contribution is 2.15. The number of carbonyl (C=O) groups excluding carboxylic acids is 1. The van der Waals surface area contributed by atoms with E-state index in [0.29, 0.717) is 47.1 Å². The van der Waals surface area contributed by atoms with Gasteiger partial charge in [0.15, 0.2) is 0 Å². The highest BCUT2D eigenvalue weighted by molar-refractivity contribution is 5.94. The molecule has 3 aromatic rings. The van der Waals surface area contributed by atoms with E-state index >= 15 is 0 Å². The molecule has 3 N–H and O–H groups in total. The number of nitrogens with one attached hydrogen (secondary N) is 3. The largest absolute Gasteiger partial charge is 0.368 e. The number of hydrogen-bond donors (Lipinski definition) is 3. The molecule has 0 bridgehead atoms. The summed E-state index contributed by atoms with van der Waals surface area (Å²) in [5.41, 5.74) is 2.58. The molecule has 1 amide bonds. The number of aromatic nitrogens is 3. The van der Waals surface area contributed by atoms with Crippen molar-refractivity contribution in [1.82, 2.24) is 20.3 Å². The Labute approximate surface area is 167 Å². The fraction of sp³-hybridized carbons (Fsp3) is 0.238. The zero-order valence-corrected chi connectivity index (χ0v) is 16.5. The summed E-state index contributed by atoms with van der Waals surface area (Å²) in [4.78, 5) is 35.3. The summed E-state index contributed by atoms with van der Waals surface area (Å²) >= 11 is 0. The zero-order chi connectivity index (χ0) is 21.0. The van der Waals surface area contributed by atoms with Gasteiger partial charge in [-0.1, -0.05) is 6.07 Å². The van der Waals surface area contributed by atoms with E-state index in [9.17, 15) is 14.0 Å². The Balaban J connectivity index is 1.53. The Morgan fingerprint density at radius 1 is 1.14 bits per heavy atom. The van der Waals surface area contributed by atoms with E-state index < -0.39 is 5.82 Å². The first-order valence-electron chi connectivity index (χ1n) is 9.17. The molecule has 0 saturated heterocycles. The number of carbonyl (C=O) groups is 1. The number of amides is 1. The summed E-state index contributed by atoms with van der Waals surface area (Å²) in [5.74, 6) is 0.351. The molecule has 2 heterocycles. The second-order valence-electron chi connectivity index (χ2n) is 6.70. The molecule has 0 aliphatic heterocycles. The molecule has 2 aromatic heterocycles. The number of aryl methyl sites for hydroxylation is 2. The van der Waals surface area contributed by atoms with E-state index in [1.807, 2.05) is 0 Å². The SMILES string of the molecule is Cc1ccc(C(=O)NCCNc2ccc(-c3nc(C)c(C)c(=O)[nH]3)cn2)cc1F. The van der Waals surface area contributed by atoms with Crippen molar-refractivity contribution in [3.05, 3.63) is 75.1 Å². The van der Waals surface area contributed by atoms with Gasteiger partial charge in [-0.2, -0.15) is 0 Å². The molecule has 8 heteroatoms. The van der Waals surface area contributed by atoms with Crippen molar-refractivity contribution in [2.45, 2.75) is 20.8 Å². The van der Waals surface area contributed by atoms with Crippen molar-refractivity contribution in [2.75, 3.05) is 18.4 Å². The molecule has 0 aliphatic rings. The van der Waals surface area contributed by atoms with Crippen LogP contribution in [0.3, 0.4) is 0 Å². The number of benzene rings is 1. The summed E-state index contributed by atoms with van der Waals surface area (Å²) < 4.78 is 13.5. The van der Waals surface area contributed by atoms with Crippen LogP contribution in [0.4, 0.5) is 10.2 Å². The van der Waals surface area contributed by atoms with Crippen molar-refractivity contribution >= 4 is 11.7 Å². The Morgan fingerprint density at radius 2 is 1.93 bits per heavy atom. The molecule has 29 heavy (non-hydrogen) atoms. The van der Waals surface area contributed by atoms with Gasteiger partial charge in [-0.25, -0.2) is 14.4 Å². The minimum absolute atomic E-state index is 0.168. The maximum atomic E-state index is 13.5. The summed E-state index contributed by atoms with van der Waals surface area (Å²) in [5, 5.41) is 5.82. The van der Waals surface area contributed by atoms with E-state index in [1.54, 1.807) is 51.2 Å². The molecule has 0 radical (unpaired) electrons. The number of rotatable bonds is 6. The van der Waals surface area contributed by atoms with Crippen molar-refractivity contribution < 1.29 is 9.18 Å². The summed E-state index contributed by atoms with van der Waals surface area (Å²) in [6.45, 7) is 5.96. The number of anilines is 1. The lowest BCUT2D eigenvalue weighted by Crippen LogP contribution is -2.29. The van der Waals surface area contributed by atoms with Crippen molar-refractivity contribution in [2.24, 2.45) is 0 Å². The van der Waals surface area contributed by atoms with Crippen LogP contribution in [0.1, 0.15) is 27.2 Å². The van der Waals surface area contributed by atoms with Crippen LogP contribution in [0.2, 0.25) is 0 Å². The summed E-state index contributed by atoms with van der Waals surface area (Å²) in [6, 6.07) is 7.96. The Morgan fingerprint density at radius 3 is 2.59 bits per heavy atom. The van der Waals surface area contributed by atoms with Gasteiger partial charge in [-0.3, -0.25) is 9.59 Å². The van der Waals surface area contributed by atoms with Crippen LogP contribution in [0.25, 0.3) is 11.4 Å². The lowest BCUT2D eigenvalue weighted by atomic mass is 10.1. The van der Waals surface area contributed by atoms with Gasteiger partial charge < -0.3 is 15.6 Å². The Hall–Kier alpha value is -3.55. The van der Waals surface area contributed by atoms with Gasteiger partial charge in [0, 0.05) is 41.7 Å².